The molecule has 4 nitrogen and oxygen atoms in total. The summed E-state index contributed by atoms with van der Waals surface area (Å²) in [6.07, 6.45) is 2.59. The summed E-state index contributed by atoms with van der Waals surface area (Å²) >= 11 is 0. The highest BCUT2D eigenvalue weighted by atomic mass is 16.5. The van der Waals surface area contributed by atoms with Crippen molar-refractivity contribution in [1.82, 2.24) is 9.80 Å². The molecule has 0 amide bonds. The maximum absolute atomic E-state index is 6.21. The van der Waals surface area contributed by atoms with Crippen molar-refractivity contribution in [2.45, 2.75) is 25.4 Å². The van der Waals surface area contributed by atoms with Crippen LogP contribution in [0.1, 0.15) is 18.4 Å². The molecule has 0 radical (unpaired) electrons. The molecule has 1 atom stereocenters. The average molecular weight is 350 g/mol. The van der Waals surface area contributed by atoms with Crippen LogP contribution in [0, 0.1) is 0 Å². The van der Waals surface area contributed by atoms with E-state index in [2.05, 4.69) is 46.2 Å². The second-order valence-corrected chi connectivity index (χ2v) is 7.57. The van der Waals surface area contributed by atoms with Crippen LogP contribution in [-0.4, -0.2) is 55.2 Å². The van der Waals surface area contributed by atoms with E-state index in [0.29, 0.717) is 6.04 Å². The lowest BCUT2D eigenvalue weighted by atomic mass is 10.0. The number of hydrogen-bond donors (Lipinski definition) is 0. The van der Waals surface area contributed by atoms with Gasteiger partial charge in [-0.25, -0.2) is 0 Å². The van der Waals surface area contributed by atoms with Crippen molar-refractivity contribution < 1.29 is 9.15 Å². The highest BCUT2D eigenvalue weighted by Crippen LogP contribution is 2.31. The van der Waals surface area contributed by atoms with Crippen LogP contribution in [0.3, 0.4) is 0 Å². The minimum atomic E-state index is 0.669. The number of likely N-dealkylation sites (tertiary alicyclic amines) is 1. The number of benzene rings is 2. The van der Waals surface area contributed by atoms with Crippen LogP contribution < -0.4 is 0 Å². The number of ether oxygens (including phenoxy) is 1. The van der Waals surface area contributed by atoms with Gasteiger partial charge in [0.2, 0.25) is 0 Å². The summed E-state index contributed by atoms with van der Waals surface area (Å²) in [4.78, 5) is 5.23. The molecule has 1 unspecified atom stereocenters. The molecule has 2 fully saturated rings. The average Bonchev–Trinajstić information content (AvgIpc) is 3.09. The molecule has 1 aromatic heterocycles. The second kappa shape index (κ2) is 7.03. The number of piperidine rings is 1. The first-order chi connectivity index (χ1) is 12.9. The van der Waals surface area contributed by atoms with Gasteiger partial charge in [0.1, 0.15) is 11.2 Å². The zero-order valence-corrected chi connectivity index (χ0v) is 15.2. The van der Waals surface area contributed by atoms with Crippen molar-refractivity contribution in [2.75, 3.05) is 39.4 Å². The largest absolute Gasteiger partial charge is 0.456 e. The van der Waals surface area contributed by atoms with Crippen LogP contribution in [0.4, 0.5) is 0 Å². The van der Waals surface area contributed by atoms with Gasteiger partial charge in [0.15, 0.2) is 0 Å². The molecule has 3 heterocycles. The molecule has 0 bridgehead atoms. The van der Waals surface area contributed by atoms with E-state index in [1.807, 2.05) is 6.07 Å². The van der Waals surface area contributed by atoms with Gasteiger partial charge in [0, 0.05) is 48.6 Å². The molecule has 2 aliphatic rings. The summed E-state index contributed by atoms with van der Waals surface area (Å²) in [5.41, 5.74) is 3.35. The maximum atomic E-state index is 6.21. The molecule has 2 saturated heterocycles. The molecule has 136 valence electrons. The number of rotatable bonds is 3. The van der Waals surface area contributed by atoms with Gasteiger partial charge in [-0.3, -0.25) is 9.80 Å². The lowest BCUT2D eigenvalue weighted by Crippen LogP contribution is -2.51. The smallest absolute Gasteiger partial charge is 0.139 e. The molecule has 0 N–H and O–H groups in total. The summed E-state index contributed by atoms with van der Waals surface area (Å²) < 4.78 is 11.7. The monoisotopic (exact) mass is 350 g/mol. The van der Waals surface area contributed by atoms with Crippen molar-refractivity contribution >= 4 is 21.9 Å². The zero-order valence-electron chi connectivity index (χ0n) is 15.2. The number of fused-ring (bicyclic) bond motifs is 3. The maximum Gasteiger partial charge on any atom is 0.139 e. The van der Waals surface area contributed by atoms with Crippen LogP contribution in [0.25, 0.3) is 21.9 Å². The SMILES string of the molecule is c1ccc2c(c1)oc1c(CN3CCCC(N4CCOCC4)C3)cccc12. The predicted molar refractivity (Wildman–Crippen MR) is 104 cm³/mol. The lowest BCUT2D eigenvalue weighted by Gasteiger charge is -2.40. The van der Waals surface area contributed by atoms with E-state index in [-0.39, 0.29) is 0 Å². The molecule has 0 spiro atoms. The molecule has 4 heteroatoms. The Labute approximate surface area is 154 Å². The Bertz CT molecular complexity index is 897. The van der Waals surface area contributed by atoms with E-state index < -0.39 is 0 Å². The number of furan rings is 1. The first-order valence-corrected chi connectivity index (χ1v) is 9.82. The predicted octanol–water partition coefficient (Wildman–Crippen LogP) is 3.88. The second-order valence-electron chi connectivity index (χ2n) is 7.57. The van der Waals surface area contributed by atoms with E-state index in [9.17, 15) is 0 Å². The molecular formula is C22H26N2O2. The Balaban J connectivity index is 1.38. The Kier molecular flexibility index (Phi) is 4.41. The number of nitrogens with zero attached hydrogens (tertiary/aromatic N) is 2. The Morgan fingerprint density at radius 2 is 1.77 bits per heavy atom. The Hall–Kier alpha value is -1.88. The van der Waals surface area contributed by atoms with Gasteiger partial charge in [-0.15, -0.1) is 0 Å². The highest BCUT2D eigenvalue weighted by molar-refractivity contribution is 6.05. The van der Waals surface area contributed by atoms with Gasteiger partial charge in [-0.2, -0.15) is 0 Å². The summed E-state index contributed by atoms with van der Waals surface area (Å²) in [7, 11) is 0. The van der Waals surface area contributed by atoms with E-state index in [4.69, 9.17) is 9.15 Å². The van der Waals surface area contributed by atoms with Gasteiger partial charge in [-0.1, -0.05) is 36.4 Å². The molecule has 5 rings (SSSR count). The van der Waals surface area contributed by atoms with Gasteiger partial charge in [-0.05, 0) is 25.5 Å². The first kappa shape index (κ1) is 16.3. The van der Waals surface area contributed by atoms with Crippen molar-refractivity contribution in [1.29, 1.82) is 0 Å². The molecule has 0 saturated carbocycles. The molecule has 0 aliphatic carbocycles. The molecular weight excluding hydrogens is 324 g/mol. The molecule has 2 aromatic carbocycles. The van der Waals surface area contributed by atoms with Crippen molar-refractivity contribution in [3.63, 3.8) is 0 Å². The van der Waals surface area contributed by atoms with Crippen LogP contribution >= 0.6 is 0 Å². The van der Waals surface area contributed by atoms with Gasteiger partial charge >= 0.3 is 0 Å². The van der Waals surface area contributed by atoms with Crippen molar-refractivity contribution in [3.05, 3.63) is 48.0 Å². The quantitative estimate of drug-likeness (QED) is 0.717. The Morgan fingerprint density at radius 3 is 2.69 bits per heavy atom. The summed E-state index contributed by atoms with van der Waals surface area (Å²) in [6, 6.07) is 15.6. The van der Waals surface area contributed by atoms with Crippen molar-refractivity contribution in [3.8, 4) is 0 Å². The minimum Gasteiger partial charge on any atom is -0.456 e. The fourth-order valence-corrected chi connectivity index (χ4v) is 4.59. The fourth-order valence-electron chi connectivity index (χ4n) is 4.59. The summed E-state index contributed by atoms with van der Waals surface area (Å²) in [5.74, 6) is 0. The van der Waals surface area contributed by atoms with Gasteiger partial charge in [0.25, 0.3) is 0 Å². The number of para-hydroxylation sites is 2. The third-order valence-corrected chi connectivity index (χ3v) is 5.92. The first-order valence-electron chi connectivity index (χ1n) is 9.82. The summed E-state index contributed by atoms with van der Waals surface area (Å²) in [6.45, 7) is 7.23. The minimum absolute atomic E-state index is 0.669. The molecule has 3 aromatic rings. The number of hydrogen-bond acceptors (Lipinski definition) is 4. The Morgan fingerprint density at radius 1 is 0.923 bits per heavy atom. The summed E-state index contributed by atoms with van der Waals surface area (Å²) in [5, 5.41) is 2.45. The third-order valence-electron chi connectivity index (χ3n) is 5.92. The lowest BCUT2D eigenvalue weighted by molar-refractivity contribution is -0.00355. The van der Waals surface area contributed by atoms with Crippen LogP contribution in [0.5, 0.6) is 0 Å². The van der Waals surface area contributed by atoms with Crippen LogP contribution in [0.15, 0.2) is 46.9 Å². The van der Waals surface area contributed by atoms with E-state index in [0.717, 1.165) is 50.6 Å². The van der Waals surface area contributed by atoms with E-state index in [1.165, 1.54) is 35.7 Å². The normalized spacial score (nSPS) is 23.0. The van der Waals surface area contributed by atoms with Crippen LogP contribution in [-0.2, 0) is 11.3 Å². The highest BCUT2D eigenvalue weighted by Gasteiger charge is 2.27. The van der Waals surface area contributed by atoms with E-state index >= 15 is 0 Å². The van der Waals surface area contributed by atoms with Gasteiger partial charge in [0.05, 0.1) is 13.2 Å². The topological polar surface area (TPSA) is 28.9 Å². The molecule has 2 aliphatic heterocycles. The zero-order chi connectivity index (χ0) is 17.3. The standard InChI is InChI=1S/C22H26N2O2/c1-2-9-21-19(7-1)20-8-3-5-17(22(20)26-21)15-23-10-4-6-18(16-23)24-11-13-25-14-12-24/h1-3,5,7-9,18H,4,6,10-16H2. The van der Waals surface area contributed by atoms with Gasteiger partial charge < -0.3 is 9.15 Å². The third kappa shape index (κ3) is 3.02. The van der Waals surface area contributed by atoms with Crippen LogP contribution in [0.2, 0.25) is 0 Å². The van der Waals surface area contributed by atoms with Crippen molar-refractivity contribution in [2.24, 2.45) is 0 Å². The molecule has 26 heavy (non-hydrogen) atoms. The number of morpholine rings is 1. The fraction of sp³-hybridized carbons (Fsp3) is 0.455. The van der Waals surface area contributed by atoms with E-state index in [1.54, 1.807) is 0 Å².